The highest BCUT2D eigenvalue weighted by Crippen LogP contribution is 2.58. The Labute approximate surface area is 187 Å². The van der Waals surface area contributed by atoms with Crippen LogP contribution in [0.15, 0.2) is 30.3 Å². The fraction of sp³-hybridized carbons (Fsp3) is 0.750. The third-order valence-corrected chi connectivity index (χ3v) is 7.56. The van der Waals surface area contributed by atoms with Gasteiger partial charge in [-0.05, 0) is 52.9 Å². The number of hydrogen-bond acceptors (Lipinski definition) is 1. The monoisotopic (exact) mass is 418 g/mol. The van der Waals surface area contributed by atoms with Gasteiger partial charge in [0.1, 0.15) is 0 Å². The lowest BCUT2D eigenvalue weighted by atomic mass is 9.50. The number of benzene rings is 1. The summed E-state index contributed by atoms with van der Waals surface area (Å²) in [6.45, 7) is 28.2. The Morgan fingerprint density at radius 3 is 1.60 bits per heavy atom. The number of aliphatic carboxylic acids is 1. The average molecular weight is 419 g/mol. The summed E-state index contributed by atoms with van der Waals surface area (Å²) in [5.74, 6) is -0.349. The van der Waals surface area contributed by atoms with Crippen molar-refractivity contribution < 1.29 is 9.90 Å². The predicted molar refractivity (Wildman–Crippen MR) is 132 cm³/mol. The van der Waals surface area contributed by atoms with E-state index in [9.17, 15) is 9.90 Å². The van der Waals surface area contributed by atoms with E-state index in [0.29, 0.717) is 12.3 Å². The second kappa shape index (κ2) is 9.88. The molecule has 0 amide bonds. The van der Waals surface area contributed by atoms with E-state index >= 15 is 0 Å². The van der Waals surface area contributed by atoms with Gasteiger partial charge in [0.25, 0.3) is 0 Å². The Morgan fingerprint density at radius 1 is 0.833 bits per heavy atom. The highest BCUT2D eigenvalue weighted by molar-refractivity contribution is 5.75. The van der Waals surface area contributed by atoms with Crippen LogP contribution in [0.5, 0.6) is 0 Å². The van der Waals surface area contributed by atoms with Crippen LogP contribution in [0, 0.1) is 27.1 Å². The predicted octanol–water partition coefficient (Wildman–Crippen LogP) is 8.81. The Kier molecular flexibility index (Phi) is 9.45. The second-order valence-corrected chi connectivity index (χ2v) is 12.4. The normalized spacial score (nSPS) is 16.2. The molecule has 0 saturated heterocycles. The van der Waals surface area contributed by atoms with Gasteiger partial charge in [-0.3, -0.25) is 4.79 Å². The Morgan fingerprint density at radius 2 is 1.27 bits per heavy atom. The maximum Gasteiger partial charge on any atom is 0.309 e. The molecule has 174 valence electrons. The highest BCUT2D eigenvalue weighted by atomic mass is 16.4. The van der Waals surface area contributed by atoms with Gasteiger partial charge in [-0.15, -0.1) is 0 Å². The molecule has 0 heterocycles. The van der Waals surface area contributed by atoms with E-state index in [4.69, 9.17) is 0 Å². The molecule has 0 saturated carbocycles. The standard InChI is InChI=1S/C26H44O2.C2H6/c1-22(2,3)17-20(19-15-13-12-14-16-19)25(9,10)24(7,8)18-26(11,21(27)28)23(4,5)6;1-2/h12-16,20H,17-18H2,1-11H3,(H,27,28);1-2H3. The Balaban J connectivity index is 0.00000407. The van der Waals surface area contributed by atoms with Gasteiger partial charge in [0.15, 0.2) is 0 Å². The molecule has 1 N–H and O–H groups in total. The second-order valence-electron chi connectivity index (χ2n) is 12.4. The van der Waals surface area contributed by atoms with Crippen molar-refractivity contribution in [2.24, 2.45) is 27.1 Å². The smallest absolute Gasteiger partial charge is 0.309 e. The average Bonchev–Trinajstić information content (AvgIpc) is 2.59. The van der Waals surface area contributed by atoms with Crippen molar-refractivity contribution in [1.29, 1.82) is 0 Å². The van der Waals surface area contributed by atoms with Crippen molar-refractivity contribution in [3.8, 4) is 0 Å². The topological polar surface area (TPSA) is 37.3 Å². The molecule has 1 aromatic rings. The fourth-order valence-electron chi connectivity index (χ4n) is 4.33. The summed E-state index contributed by atoms with van der Waals surface area (Å²) in [5, 5.41) is 10.1. The number of carbonyl (C=O) groups is 1. The molecule has 0 fully saturated rings. The van der Waals surface area contributed by atoms with Crippen LogP contribution in [-0.2, 0) is 4.79 Å². The SMILES string of the molecule is CC.CC(C)(C)CC(c1ccccc1)C(C)(C)C(C)(C)CC(C)(C(=O)O)C(C)(C)C. The summed E-state index contributed by atoms with van der Waals surface area (Å²) in [4.78, 5) is 12.3. The van der Waals surface area contributed by atoms with Gasteiger partial charge in [-0.1, -0.05) is 113 Å². The van der Waals surface area contributed by atoms with Gasteiger partial charge in [-0.2, -0.15) is 0 Å². The number of carboxylic acids is 1. The third kappa shape index (κ3) is 6.59. The highest BCUT2D eigenvalue weighted by Gasteiger charge is 2.53. The molecule has 0 aliphatic carbocycles. The zero-order chi connectivity index (χ0) is 24.2. The molecular formula is C28H50O2. The molecule has 2 nitrogen and oxygen atoms in total. The first-order valence-electron chi connectivity index (χ1n) is 11.6. The van der Waals surface area contributed by atoms with E-state index in [0.717, 1.165) is 6.42 Å². The molecule has 0 radical (unpaired) electrons. The van der Waals surface area contributed by atoms with Crippen molar-refractivity contribution >= 4 is 5.97 Å². The largest absolute Gasteiger partial charge is 0.481 e. The zero-order valence-electron chi connectivity index (χ0n) is 22.2. The summed E-state index contributed by atoms with van der Waals surface area (Å²) in [7, 11) is 0. The lowest BCUT2D eigenvalue weighted by molar-refractivity contribution is -0.160. The third-order valence-electron chi connectivity index (χ3n) is 7.56. The van der Waals surface area contributed by atoms with E-state index < -0.39 is 11.4 Å². The summed E-state index contributed by atoms with van der Waals surface area (Å²) >= 11 is 0. The molecule has 1 aromatic carbocycles. The van der Waals surface area contributed by atoms with E-state index in [1.807, 2.05) is 41.5 Å². The fourth-order valence-corrected chi connectivity index (χ4v) is 4.33. The zero-order valence-corrected chi connectivity index (χ0v) is 22.2. The van der Waals surface area contributed by atoms with Crippen LogP contribution in [0.4, 0.5) is 0 Å². The first kappa shape index (κ1) is 28.7. The molecule has 0 spiro atoms. The van der Waals surface area contributed by atoms with E-state index in [1.54, 1.807) is 0 Å². The summed E-state index contributed by atoms with van der Waals surface area (Å²) in [5.41, 5.74) is 0.176. The van der Waals surface area contributed by atoms with Gasteiger partial charge in [-0.25, -0.2) is 0 Å². The van der Waals surface area contributed by atoms with E-state index in [1.165, 1.54) is 5.56 Å². The molecule has 2 unspecified atom stereocenters. The molecule has 1 rings (SSSR count). The maximum absolute atomic E-state index is 12.3. The Hall–Kier alpha value is -1.31. The van der Waals surface area contributed by atoms with Crippen molar-refractivity contribution in [3.05, 3.63) is 35.9 Å². The molecule has 0 aromatic heterocycles. The van der Waals surface area contributed by atoms with Crippen LogP contribution in [0.25, 0.3) is 0 Å². The number of carboxylic acid groups (broad SMARTS) is 1. The molecular weight excluding hydrogens is 368 g/mol. The van der Waals surface area contributed by atoms with Crippen LogP contribution < -0.4 is 0 Å². The minimum Gasteiger partial charge on any atom is -0.481 e. The van der Waals surface area contributed by atoms with Gasteiger partial charge in [0.05, 0.1) is 5.41 Å². The number of rotatable bonds is 7. The number of hydrogen-bond donors (Lipinski definition) is 1. The first-order valence-corrected chi connectivity index (χ1v) is 11.6. The van der Waals surface area contributed by atoms with Crippen molar-refractivity contribution in [2.45, 2.75) is 109 Å². The van der Waals surface area contributed by atoms with Crippen LogP contribution in [-0.4, -0.2) is 11.1 Å². The molecule has 0 aliphatic rings. The molecule has 0 bridgehead atoms. The van der Waals surface area contributed by atoms with E-state index in [-0.39, 0.29) is 21.7 Å². The first-order chi connectivity index (χ1) is 13.4. The van der Waals surface area contributed by atoms with Gasteiger partial charge >= 0.3 is 5.97 Å². The van der Waals surface area contributed by atoms with Crippen LogP contribution >= 0.6 is 0 Å². The summed E-state index contributed by atoms with van der Waals surface area (Å²) < 4.78 is 0. The molecule has 30 heavy (non-hydrogen) atoms. The van der Waals surface area contributed by atoms with Gasteiger partial charge in [0, 0.05) is 0 Å². The summed E-state index contributed by atoms with van der Waals surface area (Å²) in [6.07, 6.45) is 1.70. The lowest BCUT2D eigenvalue weighted by Gasteiger charge is -2.53. The Bertz CT molecular complexity index is 656. The minimum atomic E-state index is -0.795. The molecule has 2 atom stereocenters. The maximum atomic E-state index is 12.3. The van der Waals surface area contributed by atoms with Gasteiger partial charge < -0.3 is 5.11 Å². The minimum absolute atomic E-state index is 0.0798. The summed E-state index contributed by atoms with van der Waals surface area (Å²) in [6, 6.07) is 10.8. The van der Waals surface area contributed by atoms with Crippen molar-refractivity contribution in [3.63, 3.8) is 0 Å². The van der Waals surface area contributed by atoms with Crippen LogP contribution in [0.3, 0.4) is 0 Å². The van der Waals surface area contributed by atoms with Crippen molar-refractivity contribution in [2.75, 3.05) is 0 Å². The lowest BCUT2D eigenvalue weighted by Crippen LogP contribution is -2.48. The molecule has 2 heteroatoms. The van der Waals surface area contributed by atoms with Crippen molar-refractivity contribution in [1.82, 2.24) is 0 Å². The van der Waals surface area contributed by atoms with Gasteiger partial charge in [0.2, 0.25) is 0 Å². The van der Waals surface area contributed by atoms with Crippen LogP contribution in [0.2, 0.25) is 0 Å². The van der Waals surface area contributed by atoms with E-state index in [2.05, 4.69) is 78.8 Å². The molecule has 0 aliphatic heterocycles. The quantitative estimate of drug-likeness (QED) is 0.480. The van der Waals surface area contributed by atoms with Crippen LogP contribution in [0.1, 0.15) is 114 Å².